The van der Waals surface area contributed by atoms with Gasteiger partial charge in [0.2, 0.25) is 0 Å². The number of aryl methyl sites for hydroxylation is 1. The fourth-order valence-electron chi connectivity index (χ4n) is 2.40. The van der Waals surface area contributed by atoms with Crippen LogP contribution in [0.1, 0.15) is 31.8 Å². The number of aliphatic hydroxyl groups is 1. The van der Waals surface area contributed by atoms with E-state index < -0.39 is 5.97 Å². The van der Waals surface area contributed by atoms with Gasteiger partial charge in [-0.1, -0.05) is 17.7 Å². The van der Waals surface area contributed by atoms with Gasteiger partial charge in [-0.15, -0.1) is 0 Å². The SMILES string of the molecule is Cc1ccc2c(c1)C(O)=C(C=Nc1ccc(C(=O)O)cc1)C2=O. The molecule has 0 spiro atoms. The minimum Gasteiger partial charge on any atom is -0.506 e. The molecule has 2 aromatic carbocycles. The zero-order chi connectivity index (χ0) is 16.6. The molecule has 0 amide bonds. The normalized spacial score (nSPS) is 13.7. The Hall–Kier alpha value is -3.21. The summed E-state index contributed by atoms with van der Waals surface area (Å²) < 4.78 is 0. The van der Waals surface area contributed by atoms with Crippen LogP contribution in [0.15, 0.2) is 53.0 Å². The maximum atomic E-state index is 12.3. The van der Waals surface area contributed by atoms with Gasteiger partial charge in [0.15, 0.2) is 5.78 Å². The van der Waals surface area contributed by atoms with Crippen molar-refractivity contribution in [3.05, 3.63) is 70.3 Å². The Bertz CT molecular complexity index is 876. The van der Waals surface area contributed by atoms with Crippen LogP contribution < -0.4 is 0 Å². The fraction of sp³-hybridized carbons (Fsp3) is 0.0556. The number of allylic oxidation sites excluding steroid dienone is 1. The number of hydrogen-bond donors (Lipinski definition) is 2. The molecule has 0 radical (unpaired) electrons. The summed E-state index contributed by atoms with van der Waals surface area (Å²) in [5.41, 5.74) is 2.70. The van der Waals surface area contributed by atoms with E-state index in [-0.39, 0.29) is 22.7 Å². The molecule has 5 nitrogen and oxygen atoms in total. The summed E-state index contributed by atoms with van der Waals surface area (Å²) in [6, 6.07) is 11.2. The summed E-state index contributed by atoms with van der Waals surface area (Å²) in [6.45, 7) is 1.88. The number of benzene rings is 2. The second-order valence-electron chi connectivity index (χ2n) is 5.25. The van der Waals surface area contributed by atoms with E-state index in [4.69, 9.17) is 5.11 Å². The molecule has 23 heavy (non-hydrogen) atoms. The first-order chi connectivity index (χ1) is 11.0. The molecule has 3 rings (SSSR count). The number of nitrogens with zero attached hydrogens (tertiary/aromatic N) is 1. The Labute approximate surface area is 132 Å². The maximum Gasteiger partial charge on any atom is 0.335 e. The maximum absolute atomic E-state index is 12.3. The molecule has 0 fully saturated rings. The number of aromatic carboxylic acids is 1. The number of carboxylic acid groups (broad SMARTS) is 1. The van der Waals surface area contributed by atoms with Gasteiger partial charge in [0.05, 0.1) is 16.8 Å². The Morgan fingerprint density at radius 3 is 2.43 bits per heavy atom. The summed E-state index contributed by atoms with van der Waals surface area (Å²) in [7, 11) is 0. The summed E-state index contributed by atoms with van der Waals surface area (Å²) in [5.74, 6) is -1.37. The number of aliphatic hydroxyl groups excluding tert-OH is 1. The standard InChI is InChI=1S/C18H13NO4/c1-10-2-7-13-14(8-10)17(21)15(16(13)20)9-19-12-5-3-11(4-6-12)18(22)23/h2-9,21H,1H3,(H,22,23). The third-order valence-electron chi connectivity index (χ3n) is 3.63. The van der Waals surface area contributed by atoms with Gasteiger partial charge in [0.25, 0.3) is 0 Å². The lowest BCUT2D eigenvalue weighted by atomic mass is 10.1. The molecule has 2 aromatic rings. The van der Waals surface area contributed by atoms with Gasteiger partial charge in [-0.25, -0.2) is 4.79 Å². The van der Waals surface area contributed by atoms with Crippen molar-refractivity contribution in [2.24, 2.45) is 4.99 Å². The van der Waals surface area contributed by atoms with Crippen LogP contribution in [0, 0.1) is 6.92 Å². The lowest BCUT2D eigenvalue weighted by Crippen LogP contribution is -1.99. The highest BCUT2D eigenvalue weighted by molar-refractivity contribution is 6.30. The molecule has 0 unspecified atom stereocenters. The van der Waals surface area contributed by atoms with Gasteiger partial charge in [-0.05, 0) is 37.3 Å². The molecule has 1 aliphatic carbocycles. The van der Waals surface area contributed by atoms with Crippen LogP contribution >= 0.6 is 0 Å². The van der Waals surface area contributed by atoms with Crippen LogP contribution in [-0.4, -0.2) is 28.2 Å². The lowest BCUT2D eigenvalue weighted by Gasteiger charge is -1.99. The van der Waals surface area contributed by atoms with E-state index in [2.05, 4.69) is 4.99 Å². The third-order valence-corrected chi connectivity index (χ3v) is 3.63. The van der Waals surface area contributed by atoms with Crippen LogP contribution in [-0.2, 0) is 0 Å². The molecule has 1 aliphatic rings. The van der Waals surface area contributed by atoms with Crippen LogP contribution in [0.2, 0.25) is 0 Å². The van der Waals surface area contributed by atoms with Crippen molar-refractivity contribution >= 4 is 29.4 Å². The number of aliphatic imine (C=N–C) groups is 1. The number of carbonyl (C=O) groups excluding carboxylic acids is 1. The summed E-state index contributed by atoms with van der Waals surface area (Å²) in [5, 5.41) is 19.1. The van der Waals surface area contributed by atoms with E-state index in [1.165, 1.54) is 30.5 Å². The monoisotopic (exact) mass is 307 g/mol. The van der Waals surface area contributed by atoms with Crippen LogP contribution in [0.25, 0.3) is 5.76 Å². The van der Waals surface area contributed by atoms with E-state index in [1.54, 1.807) is 12.1 Å². The van der Waals surface area contributed by atoms with Crippen LogP contribution in [0.3, 0.4) is 0 Å². The molecule has 0 aromatic heterocycles. The Kier molecular flexibility index (Phi) is 3.54. The predicted octanol–water partition coefficient (Wildman–Crippen LogP) is 3.56. The number of carbonyl (C=O) groups is 2. The average Bonchev–Trinajstić information content (AvgIpc) is 2.77. The van der Waals surface area contributed by atoms with E-state index in [0.717, 1.165) is 5.56 Å². The number of Topliss-reactive ketones (excluding diaryl/α,β-unsaturated/α-hetero) is 1. The molecule has 0 heterocycles. The lowest BCUT2D eigenvalue weighted by molar-refractivity contribution is 0.0696. The molecule has 0 atom stereocenters. The van der Waals surface area contributed by atoms with E-state index in [0.29, 0.717) is 16.8 Å². The molecular formula is C18H13NO4. The van der Waals surface area contributed by atoms with Crippen molar-refractivity contribution < 1.29 is 19.8 Å². The fourth-order valence-corrected chi connectivity index (χ4v) is 2.40. The van der Waals surface area contributed by atoms with Crippen molar-refractivity contribution in [3.8, 4) is 0 Å². The van der Waals surface area contributed by atoms with Crippen LogP contribution in [0.5, 0.6) is 0 Å². The van der Waals surface area contributed by atoms with Gasteiger partial charge >= 0.3 is 5.97 Å². The molecule has 0 aliphatic heterocycles. The minimum absolute atomic E-state index is 0.0837. The van der Waals surface area contributed by atoms with Crippen LogP contribution in [0.4, 0.5) is 5.69 Å². The topological polar surface area (TPSA) is 87.0 Å². The number of hydrogen-bond acceptors (Lipinski definition) is 4. The zero-order valence-electron chi connectivity index (χ0n) is 12.3. The van der Waals surface area contributed by atoms with Crippen molar-refractivity contribution in [2.75, 3.05) is 0 Å². The molecule has 0 bridgehead atoms. The third kappa shape index (κ3) is 2.64. The summed E-state index contributed by atoms with van der Waals surface area (Å²) in [4.78, 5) is 27.2. The van der Waals surface area contributed by atoms with Crippen molar-refractivity contribution in [2.45, 2.75) is 6.92 Å². The zero-order valence-corrected chi connectivity index (χ0v) is 12.3. The second-order valence-corrected chi connectivity index (χ2v) is 5.25. The highest BCUT2D eigenvalue weighted by Gasteiger charge is 2.28. The molecule has 2 N–H and O–H groups in total. The van der Waals surface area contributed by atoms with Crippen molar-refractivity contribution in [3.63, 3.8) is 0 Å². The first-order valence-corrected chi connectivity index (χ1v) is 6.94. The van der Waals surface area contributed by atoms with E-state index in [1.807, 2.05) is 13.0 Å². The minimum atomic E-state index is -1.02. The molecule has 0 saturated carbocycles. The Morgan fingerprint density at radius 2 is 1.78 bits per heavy atom. The Morgan fingerprint density at radius 1 is 1.09 bits per heavy atom. The van der Waals surface area contributed by atoms with E-state index in [9.17, 15) is 14.7 Å². The van der Waals surface area contributed by atoms with Gasteiger partial charge in [-0.2, -0.15) is 0 Å². The van der Waals surface area contributed by atoms with Crippen molar-refractivity contribution in [1.29, 1.82) is 0 Å². The summed E-state index contributed by atoms with van der Waals surface area (Å²) >= 11 is 0. The number of carboxylic acids is 1. The average molecular weight is 307 g/mol. The molecule has 0 saturated heterocycles. The number of fused-ring (bicyclic) bond motifs is 1. The van der Waals surface area contributed by atoms with Gasteiger partial charge in [-0.3, -0.25) is 9.79 Å². The smallest absolute Gasteiger partial charge is 0.335 e. The second kappa shape index (κ2) is 5.53. The highest BCUT2D eigenvalue weighted by atomic mass is 16.4. The highest BCUT2D eigenvalue weighted by Crippen LogP contribution is 2.31. The van der Waals surface area contributed by atoms with Crippen molar-refractivity contribution in [1.82, 2.24) is 0 Å². The number of ketones is 1. The van der Waals surface area contributed by atoms with Gasteiger partial charge in [0, 0.05) is 17.3 Å². The molecule has 5 heteroatoms. The van der Waals surface area contributed by atoms with Gasteiger partial charge < -0.3 is 10.2 Å². The predicted molar refractivity (Wildman–Crippen MR) is 86.6 cm³/mol. The number of rotatable bonds is 3. The Balaban J connectivity index is 1.91. The first kappa shape index (κ1) is 14.7. The first-order valence-electron chi connectivity index (χ1n) is 6.94. The molecule has 114 valence electrons. The largest absolute Gasteiger partial charge is 0.506 e. The van der Waals surface area contributed by atoms with Gasteiger partial charge in [0.1, 0.15) is 5.76 Å². The van der Waals surface area contributed by atoms with E-state index >= 15 is 0 Å². The quantitative estimate of drug-likeness (QED) is 0.849. The molecular weight excluding hydrogens is 294 g/mol. The summed E-state index contributed by atoms with van der Waals surface area (Å²) in [6.07, 6.45) is 1.31.